The highest BCUT2D eigenvalue weighted by Crippen LogP contribution is 2.33. The van der Waals surface area contributed by atoms with Crippen molar-refractivity contribution in [3.63, 3.8) is 0 Å². The van der Waals surface area contributed by atoms with E-state index in [2.05, 4.69) is 10.1 Å². The monoisotopic (exact) mass is 356 g/mol. The van der Waals surface area contributed by atoms with Gasteiger partial charge in [0.1, 0.15) is 5.75 Å². The molecule has 2 heterocycles. The Morgan fingerprint density at radius 1 is 1.24 bits per heavy atom. The second kappa shape index (κ2) is 7.23. The van der Waals surface area contributed by atoms with Gasteiger partial charge in [-0.05, 0) is 37.7 Å². The van der Waals surface area contributed by atoms with Crippen LogP contribution in [0, 0.1) is 5.92 Å². The fourth-order valence-electron chi connectivity index (χ4n) is 3.95. The molecule has 0 saturated carbocycles. The Hall–Kier alpha value is -1.76. The predicted molar refractivity (Wildman–Crippen MR) is 86.9 cm³/mol. The van der Waals surface area contributed by atoms with Crippen LogP contribution in [0.2, 0.25) is 0 Å². The molecule has 2 atom stereocenters. The Labute approximate surface area is 145 Å². The standard InChI is InChI=1S/C18H23F3N2O2/c1-23(11-13-4-2-3-5-16(13)25-18(19,20)21)17(24)10-12-8-14-6-7-15(9-12)22-14/h2-5,12,14-15,22H,6-11H2,1H3. The van der Waals surface area contributed by atoms with Gasteiger partial charge in [-0.2, -0.15) is 0 Å². The first kappa shape index (κ1) is 18.0. The van der Waals surface area contributed by atoms with Crippen LogP contribution >= 0.6 is 0 Å². The van der Waals surface area contributed by atoms with Gasteiger partial charge in [-0.1, -0.05) is 18.2 Å². The zero-order chi connectivity index (χ0) is 18.0. The number of rotatable bonds is 5. The number of benzene rings is 1. The van der Waals surface area contributed by atoms with Crippen LogP contribution in [0.1, 0.15) is 37.7 Å². The number of carbonyl (C=O) groups is 1. The minimum atomic E-state index is -4.74. The average Bonchev–Trinajstić information content (AvgIpc) is 2.86. The van der Waals surface area contributed by atoms with Crippen molar-refractivity contribution in [1.82, 2.24) is 10.2 Å². The van der Waals surface area contributed by atoms with Crippen LogP contribution in [0.5, 0.6) is 5.75 Å². The molecule has 1 aromatic carbocycles. The summed E-state index contributed by atoms with van der Waals surface area (Å²) in [5, 5.41) is 3.54. The molecule has 2 aliphatic rings. The summed E-state index contributed by atoms with van der Waals surface area (Å²) >= 11 is 0. The molecule has 0 aromatic heterocycles. The fourth-order valence-corrected chi connectivity index (χ4v) is 3.95. The van der Waals surface area contributed by atoms with E-state index in [0.29, 0.717) is 30.0 Å². The quantitative estimate of drug-likeness (QED) is 0.878. The third kappa shape index (κ3) is 4.87. The number of piperidine rings is 1. The van der Waals surface area contributed by atoms with Crippen LogP contribution in [-0.4, -0.2) is 36.3 Å². The Kier molecular flexibility index (Phi) is 5.22. The van der Waals surface area contributed by atoms with Gasteiger partial charge in [0.2, 0.25) is 5.91 Å². The average molecular weight is 356 g/mol. The highest BCUT2D eigenvalue weighted by Gasteiger charge is 2.35. The van der Waals surface area contributed by atoms with Crippen molar-refractivity contribution in [1.29, 1.82) is 0 Å². The van der Waals surface area contributed by atoms with Crippen LogP contribution in [0.15, 0.2) is 24.3 Å². The van der Waals surface area contributed by atoms with Crippen molar-refractivity contribution in [2.45, 2.75) is 57.1 Å². The van der Waals surface area contributed by atoms with Crippen LogP contribution < -0.4 is 10.1 Å². The maximum atomic E-state index is 12.5. The van der Waals surface area contributed by atoms with E-state index in [0.717, 1.165) is 12.8 Å². The fraction of sp³-hybridized carbons (Fsp3) is 0.611. The van der Waals surface area contributed by atoms with Gasteiger partial charge >= 0.3 is 6.36 Å². The lowest BCUT2D eigenvalue weighted by Crippen LogP contribution is -2.40. The van der Waals surface area contributed by atoms with E-state index in [4.69, 9.17) is 0 Å². The maximum absolute atomic E-state index is 12.5. The lowest BCUT2D eigenvalue weighted by Gasteiger charge is -2.30. The molecule has 0 radical (unpaired) electrons. The number of carbonyl (C=O) groups excluding carboxylic acids is 1. The number of para-hydroxylation sites is 1. The van der Waals surface area contributed by atoms with Gasteiger partial charge in [-0.3, -0.25) is 4.79 Å². The third-order valence-corrected chi connectivity index (χ3v) is 5.07. The highest BCUT2D eigenvalue weighted by atomic mass is 19.4. The summed E-state index contributed by atoms with van der Waals surface area (Å²) in [6.45, 7) is 0.100. The molecule has 1 aromatic rings. The van der Waals surface area contributed by atoms with E-state index < -0.39 is 6.36 Å². The zero-order valence-electron chi connectivity index (χ0n) is 14.2. The molecule has 2 saturated heterocycles. The van der Waals surface area contributed by atoms with E-state index in [9.17, 15) is 18.0 Å². The Morgan fingerprint density at radius 2 is 1.88 bits per heavy atom. The summed E-state index contributed by atoms with van der Waals surface area (Å²) in [7, 11) is 1.63. The lowest BCUT2D eigenvalue weighted by atomic mass is 9.89. The SMILES string of the molecule is CN(Cc1ccccc1OC(F)(F)F)C(=O)CC1CC2CCC(C1)N2. The lowest BCUT2D eigenvalue weighted by molar-refractivity contribution is -0.275. The number of alkyl halides is 3. The largest absolute Gasteiger partial charge is 0.573 e. The van der Waals surface area contributed by atoms with Gasteiger partial charge < -0.3 is 15.0 Å². The van der Waals surface area contributed by atoms with Gasteiger partial charge in [0.05, 0.1) is 0 Å². The molecule has 2 aliphatic heterocycles. The molecule has 2 bridgehead atoms. The molecule has 3 rings (SSSR count). The van der Waals surface area contributed by atoms with Gasteiger partial charge in [0.25, 0.3) is 0 Å². The molecular formula is C18H23F3N2O2. The van der Waals surface area contributed by atoms with Crippen molar-refractivity contribution in [2.75, 3.05) is 7.05 Å². The molecule has 25 heavy (non-hydrogen) atoms. The molecule has 2 fully saturated rings. The van der Waals surface area contributed by atoms with Crippen molar-refractivity contribution >= 4 is 5.91 Å². The van der Waals surface area contributed by atoms with Gasteiger partial charge in [0, 0.05) is 37.7 Å². The first-order chi connectivity index (χ1) is 11.8. The van der Waals surface area contributed by atoms with Crippen LogP contribution in [0.25, 0.3) is 0 Å². The molecule has 0 aliphatic carbocycles. The number of amides is 1. The van der Waals surface area contributed by atoms with E-state index in [-0.39, 0.29) is 18.2 Å². The van der Waals surface area contributed by atoms with E-state index in [1.807, 2.05) is 0 Å². The zero-order valence-corrected chi connectivity index (χ0v) is 14.2. The first-order valence-electron chi connectivity index (χ1n) is 8.64. The number of hydrogen-bond acceptors (Lipinski definition) is 3. The smallest absolute Gasteiger partial charge is 0.405 e. The summed E-state index contributed by atoms with van der Waals surface area (Å²) in [5.74, 6) is 0.0676. The minimum absolute atomic E-state index is 0.0342. The molecule has 1 N–H and O–H groups in total. The minimum Gasteiger partial charge on any atom is -0.405 e. The highest BCUT2D eigenvalue weighted by molar-refractivity contribution is 5.76. The molecule has 4 nitrogen and oxygen atoms in total. The topological polar surface area (TPSA) is 41.6 Å². The Morgan fingerprint density at radius 3 is 2.52 bits per heavy atom. The molecular weight excluding hydrogens is 333 g/mol. The summed E-state index contributed by atoms with van der Waals surface area (Å²) in [5.41, 5.74) is 0.348. The predicted octanol–water partition coefficient (Wildman–Crippen LogP) is 3.46. The third-order valence-electron chi connectivity index (χ3n) is 5.07. The van der Waals surface area contributed by atoms with E-state index in [1.54, 1.807) is 19.2 Å². The number of nitrogens with one attached hydrogen (secondary N) is 1. The summed E-state index contributed by atoms with van der Waals surface area (Å²) < 4.78 is 41.5. The molecule has 1 amide bonds. The number of hydrogen-bond donors (Lipinski definition) is 1. The van der Waals surface area contributed by atoms with Gasteiger partial charge in [-0.15, -0.1) is 13.2 Å². The maximum Gasteiger partial charge on any atom is 0.573 e. The molecule has 7 heteroatoms. The second-order valence-electron chi connectivity index (χ2n) is 7.08. The van der Waals surface area contributed by atoms with Crippen molar-refractivity contribution < 1.29 is 22.7 Å². The van der Waals surface area contributed by atoms with Crippen molar-refractivity contribution in [3.8, 4) is 5.75 Å². The summed E-state index contributed by atoms with van der Waals surface area (Å²) in [6.07, 6.45) is 0.0644. The number of ether oxygens (including phenoxy) is 1. The number of fused-ring (bicyclic) bond motifs is 2. The normalized spacial score (nSPS) is 25.7. The Balaban J connectivity index is 1.58. The number of nitrogens with zero attached hydrogens (tertiary/aromatic N) is 1. The molecule has 138 valence electrons. The summed E-state index contributed by atoms with van der Waals surface area (Å²) in [4.78, 5) is 14.0. The van der Waals surface area contributed by atoms with E-state index >= 15 is 0 Å². The van der Waals surface area contributed by atoms with Gasteiger partial charge in [0.15, 0.2) is 0 Å². The van der Waals surface area contributed by atoms with Crippen molar-refractivity contribution in [2.24, 2.45) is 5.92 Å². The van der Waals surface area contributed by atoms with Crippen LogP contribution in [-0.2, 0) is 11.3 Å². The number of halogens is 3. The van der Waals surface area contributed by atoms with Crippen LogP contribution in [0.3, 0.4) is 0 Å². The molecule has 2 unspecified atom stereocenters. The summed E-state index contributed by atoms with van der Waals surface area (Å²) in [6, 6.07) is 6.98. The van der Waals surface area contributed by atoms with Gasteiger partial charge in [-0.25, -0.2) is 0 Å². The second-order valence-corrected chi connectivity index (χ2v) is 7.08. The molecule has 0 spiro atoms. The van der Waals surface area contributed by atoms with E-state index in [1.165, 1.54) is 29.9 Å². The Bertz CT molecular complexity index is 609. The first-order valence-corrected chi connectivity index (χ1v) is 8.64. The van der Waals surface area contributed by atoms with Crippen LogP contribution in [0.4, 0.5) is 13.2 Å². The van der Waals surface area contributed by atoms with Crippen molar-refractivity contribution in [3.05, 3.63) is 29.8 Å².